The van der Waals surface area contributed by atoms with E-state index in [-0.39, 0.29) is 17.0 Å². The number of aliphatic hydroxyl groups is 1. The second-order valence-corrected chi connectivity index (χ2v) is 8.97. The van der Waals surface area contributed by atoms with Gasteiger partial charge in [-0.25, -0.2) is 12.8 Å². The highest BCUT2D eigenvalue weighted by Gasteiger charge is 2.35. The third-order valence-corrected chi connectivity index (χ3v) is 7.38. The molecule has 4 rings (SSSR count). The number of hydrogen-bond donors (Lipinski definition) is 1. The van der Waals surface area contributed by atoms with E-state index in [0.717, 1.165) is 5.56 Å². The van der Waals surface area contributed by atoms with E-state index in [1.807, 2.05) is 18.2 Å². The van der Waals surface area contributed by atoms with E-state index in [0.29, 0.717) is 30.0 Å². The van der Waals surface area contributed by atoms with Crippen molar-refractivity contribution >= 4 is 15.7 Å². The third kappa shape index (κ3) is 3.32. The molecule has 3 aromatic rings. The van der Waals surface area contributed by atoms with Crippen LogP contribution >= 0.6 is 0 Å². The van der Waals surface area contributed by atoms with Gasteiger partial charge in [0.1, 0.15) is 16.8 Å². The molecule has 1 aromatic heterocycles. The molecule has 2 aromatic carbocycles. The molecule has 0 bridgehead atoms. The number of aliphatic hydroxyl groups excluding tert-OH is 1. The van der Waals surface area contributed by atoms with Crippen LogP contribution in [0.4, 0.5) is 10.1 Å². The summed E-state index contributed by atoms with van der Waals surface area (Å²) in [7, 11) is -3.81. The molecule has 1 aliphatic heterocycles. The summed E-state index contributed by atoms with van der Waals surface area (Å²) in [6, 6.07) is 13.4. The van der Waals surface area contributed by atoms with Crippen LogP contribution in [0.3, 0.4) is 0 Å². The molecule has 6 nitrogen and oxygen atoms in total. The number of fused-ring (bicyclic) bond motifs is 1. The van der Waals surface area contributed by atoms with Crippen molar-refractivity contribution < 1.29 is 17.9 Å². The Labute approximate surface area is 169 Å². The van der Waals surface area contributed by atoms with Gasteiger partial charge in [-0.05, 0) is 38.0 Å². The number of sulfonamides is 1. The van der Waals surface area contributed by atoms with Crippen LogP contribution < -0.4 is 4.31 Å². The normalized spacial score (nSPS) is 14.8. The Kier molecular flexibility index (Phi) is 4.92. The Morgan fingerprint density at radius 1 is 1.14 bits per heavy atom. The van der Waals surface area contributed by atoms with Gasteiger partial charge in [-0.15, -0.1) is 0 Å². The lowest BCUT2D eigenvalue weighted by molar-refractivity contribution is 0.146. The number of aryl methyl sites for hydroxylation is 1. The molecule has 8 heteroatoms. The molecule has 0 fully saturated rings. The molecule has 1 unspecified atom stereocenters. The summed E-state index contributed by atoms with van der Waals surface area (Å²) < 4.78 is 43.6. The van der Waals surface area contributed by atoms with Gasteiger partial charge in [-0.1, -0.05) is 36.4 Å². The van der Waals surface area contributed by atoms with Crippen molar-refractivity contribution in [1.82, 2.24) is 9.78 Å². The summed E-state index contributed by atoms with van der Waals surface area (Å²) in [5.41, 5.74) is 2.60. The Balaban J connectivity index is 1.68. The molecule has 0 amide bonds. The van der Waals surface area contributed by atoms with Gasteiger partial charge in [0.15, 0.2) is 0 Å². The quantitative estimate of drug-likeness (QED) is 0.695. The molecule has 1 aliphatic rings. The fourth-order valence-corrected chi connectivity index (χ4v) is 5.79. The van der Waals surface area contributed by atoms with Crippen molar-refractivity contribution in [1.29, 1.82) is 0 Å². The number of halogens is 1. The number of nitrogens with zero attached hydrogens (tertiary/aromatic N) is 3. The number of rotatable bonds is 5. The lowest BCUT2D eigenvalue weighted by Crippen LogP contribution is -2.30. The maximum absolute atomic E-state index is 14.0. The summed E-state index contributed by atoms with van der Waals surface area (Å²) in [6.45, 7) is 3.63. The summed E-state index contributed by atoms with van der Waals surface area (Å²) in [5, 5.41) is 14.8. The van der Waals surface area contributed by atoms with E-state index >= 15 is 0 Å². The minimum atomic E-state index is -3.81. The zero-order valence-corrected chi connectivity index (χ0v) is 17.0. The number of benzene rings is 2. The highest BCUT2D eigenvalue weighted by atomic mass is 32.2. The van der Waals surface area contributed by atoms with Crippen LogP contribution in [0, 0.1) is 19.7 Å². The first-order chi connectivity index (χ1) is 13.8. The molecule has 0 spiro atoms. The third-order valence-electron chi connectivity index (χ3n) is 5.32. The number of anilines is 1. The van der Waals surface area contributed by atoms with Gasteiger partial charge < -0.3 is 5.11 Å². The molecule has 0 saturated carbocycles. The number of para-hydroxylation sites is 1. The first-order valence-corrected chi connectivity index (χ1v) is 10.8. The van der Waals surface area contributed by atoms with Gasteiger partial charge in [0, 0.05) is 12.1 Å². The van der Waals surface area contributed by atoms with Crippen LogP contribution in [0.2, 0.25) is 0 Å². The van der Waals surface area contributed by atoms with Gasteiger partial charge in [0.2, 0.25) is 0 Å². The van der Waals surface area contributed by atoms with Gasteiger partial charge >= 0.3 is 0 Å². The molecule has 1 atom stereocenters. The van der Waals surface area contributed by atoms with E-state index in [2.05, 4.69) is 5.10 Å². The first kappa shape index (κ1) is 19.6. The van der Waals surface area contributed by atoms with Crippen molar-refractivity contribution in [2.24, 2.45) is 0 Å². The molecule has 152 valence electrons. The van der Waals surface area contributed by atoms with E-state index < -0.39 is 21.9 Å². The van der Waals surface area contributed by atoms with Crippen LogP contribution in [-0.2, 0) is 23.0 Å². The van der Waals surface area contributed by atoms with Gasteiger partial charge in [0.25, 0.3) is 10.0 Å². The topological polar surface area (TPSA) is 75.4 Å². The summed E-state index contributed by atoms with van der Waals surface area (Å²) in [4.78, 5) is 0.134. The molecular weight excluding hydrogens is 393 g/mol. The predicted molar refractivity (Wildman–Crippen MR) is 108 cm³/mol. The fourth-order valence-electron chi connectivity index (χ4n) is 3.91. The fraction of sp³-hybridized carbons (Fsp3) is 0.286. The van der Waals surface area contributed by atoms with Crippen molar-refractivity contribution in [2.45, 2.75) is 37.8 Å². The van der Waals surface area contributed by atoms with Crippen LogP contribution in [-0.4, -0.2) is 29.8 Å². The van der Waals surface area contributed by atoms with E-state index in [1.54, 1.807) is 32.0 Å². The minimum absolute atomic E-state index is 0.0420. The van der Waals surface area contributed by atoms with Crippen LogP contribution in [0.25, 0.3) is 0 Å². The van der Waals surface area contributed by atoms with E-state index in [9.17, 15) is 17.9 Å². The van der Waals surface area contributed by atoms with Crippen LogP contribution in [0.1, 0.15) is 28.6 Å². The zero-order valence-electron chi connectivity index (χ0n) is 16.2. The highest BCUT2D eigenvalue weighted by Crippen LogP contribution is 2.34. The Morgan fingerprint density at radius 2 is 1.83 bits per heavy atom. The van der Waals surface area contributed by atoms with Gasteiger partial charge in [0.05, 0.1) is 23.6 Å². The lowest BCUT2D eigenvalue weighted by Gasteiger charge is -2.20. The summed E-state index contributed by atoms with van der Waals surface area (Å²) in [6.07, 6.45) is -0.481. The molecule has 29 heavy (non-hydrogen) atoms. The summed E-state index contributed by atoms with van der Waals surface area (Å²) in [5.74, 6) is -0.511. The SMILES string of the molecule is Cc1nn(CC(O)c2ccccc2F)c(C)c1S(=O)(=O)N1CCc2ccccc21. The minimum Gasteiger partial charge on any atom is -0.386 e. The van der Waals surface area contributed by atoms with Crippen LogP contribution in [0.5, 0.6) is 0 Å². The molecule has 2 heterocycles. The maximum atomic E-state index is 14.0. The Bertz CT molecular complexity index is 1170. The van der Waals surface area contributed by atoms with Gasteiger partial charge in [-0.2, -0.15) is 5.10 Å². The molecular formula is C21H22FN3O3S. The van der Waals surface area contributed by atoms with E-state index in [1.165, 1.54) is 21.1 Å². The standard InChI is InChI=1S/C21H22FN3O3S/c1-14-21(29(27,28)25-12-11-16-7-3-6-10-19(16)25)15(2)24(23-14)13-20(26)17-8-4-5-9-18(17)22/h3-10,20,26H,11-13H2,1-2H3. The highest BCUT2D eigenvalue weighted by molar-refractivity contribution is 7.93. The molecule has 1 N–H and O–H groups in total. The second kappa shape index (κ2) is 7.27. The predicted octanol–water partition coefficient (Wildman–Crippen LogP) is 3.12. The Hall–Kier alpha value is -2.71. The molecule has 0 radical (unpaired) electrons. The maximum Gasteiger partial charge on any atom is 0.268 e. The molecule has 0 saturated heterocycles. The van der Waals surface area contributed by atoms with Crippen molar-refractivity contribution in [3.05, 3.63) is 76.9 Å². The lowest BCUT2D eigenvalue weighted by atomic mass is 10.1. The first-order valence-electron chi connectivity index (χ1n) is 9.38. The smallest absolute Gasteiger partial charge is 0.268 e. The van der Waals surface area contributed by atoms with Crippen LogP contribution in [0.15, 0.2) is 53.4 Å². The zero-order chi connectivity index (χ0) is 20.8. The monoisotopic (exact) mass is 415 g/mol. The second-order valence-electron chi connectivity index (χ2n) is 7.18. The average Bonchev–Trinajstić information content (AvgIpc) is 3.23. The number of aromatic nitrogens is 2. The van der Waals surface area contributed by atoms with Crippen molar-refractivity contribution in [3.8, 4) is 0 Å². The average molecular weight is 415 g/mol. The number of hydrogen-bond acceptors (Lipinski definition) is 4. The van der Waals surface area contributed by atoms with Crippen molar-refractivity contribution in [2.75, 3.05) is 10.8 Å². The van der Waals surface area contributed by atoms with Crippen molar-refractivity contribution in [3.63, 3.8) is 0 Å². The van der Waals surface area contributed by atoms with E-state index in [4.69, 9.17) is 0 Å². The van der Waals surface area contributed by atoms with Gasteiger partial charge in [-0.3, -0.25) is 8.99 Å². The Morgan fingerprint density at radius 3 is 2.59 bits per heavy atom. The summed E-state index contributed by atoms with van der Waals surface area (Å²) >= 11 is 0. The largest absolute Gasteiger partial charge is 0.386 e. The molecule has 0 aliphatic carbocycles.